The van der Waals surface area contributed by atoms with Crippen LogP contribution in [0.25, 0.3) is 21.6 Å². The number of aliphatic hydroxyl groups is 1. The number of ether oxygens (including phenoxy) is 2. The van der Waals surface area contributed by atoms with Crippen molar-refractivity contribution in [1.82, 2.24) is 4.90 Å². The Morgan fingerprint density at radius 2 is 1.88 bits per heavy atom. The van der Waals surface area contributed by atoms with Crippen LogP contribution in [0.4, 0.5) is 4.39 Å². The summed E-state index contributed by atoms with van der Waals surface area (Å²) in [5.74, 6) is 0.177. The molecule has 1 aromatic heterocycles. The van der Waals surface area contributed by atoms with Crippen LogP contribution in [0.3, 0.4) is 0 Å². The largest absolute Gasteiger partial charge is 0.495 e. The first-order valence-corrected chi connectivity index (χ1v) is 12.0. The molecule has 0 radical (unpaired) electrons. The number of aliphatic hydroxyl groups excluding tert-OH is 1. The van der Waals surface area contributed by atoms with Gasteiger partial charge >= 0.3 is 0 Å². The third-order valence-electron chi connectivity index (χ3n) is 6.97. The van der Waals surface area contributed by atoms with Crippen LogP contribution in [0.1, 0.15) is 35.9 Å². The number of methoxy groups -OCH3 is 2. The van der Waals surface area contributed by atoms with Crippen molar-refractivity contribution < 1.29 is 19.0 Å². The summed E-state index contributed by atoms with van der Waals surface area (Å²) in [6.07, 6.45) is 2.14. The smallest absolute Gasteiger partial charge is 0.165 e. The normalized spacial score (nSPS) is 22.5. The second-order valence-corrected chi connectivity index (χ2v) is 9.87. The van der Waals surface area contributed by atoms with Crippen molar-refractivity contribution in [2.45, 2.75) is 43.6 Å². The van der Waals surface area contributed by atoms with Crippen molar-refractivity contribution in [3.05, 3.63) is 58.7 Å². The standard InChI is InChI=1S/C26H26FN3O3S/c1-32-22-8-5-15(9-19(22)27)25-18(14-3-4-16(13-28)23(10-14)33-2)12-24(34-25)26(31)30-17-6-7-21(30)20(29)11-17/h3-5,8-10,12,17,20-21,26,31H,6-7,11,29H2,1-2H3/t17-,20+,21+,26?/m0/s1. The Morgan fingerprint density at radius 3 is 2.50 bits per heavy atom. The van der Waals surface area contributed by atoms with Crippen LogP contribution < -0.4 is 15.2 Å². The number of hydrogen-bond donors (Lipinski definition) is 2. The Kier molecular flexibility index (Phi) is 6.04. The molecule has 2 saturated heterocycles. The molecular formula is C26H26FN3O3S. The number of rotatable bonds is 6. The summed E-state index contributed by atoms with van der Waals surface area (Å²) in [4.78, 5) is 3.73. The van der Waals surface area contributed by atoms with E-state index in [-0.39, 0.29) is 23.9 Å². The number of thiophene rings is 1. The molecule has 34 heavy (non-hydrogen) atoms. The lowest BCUT2D eigenvalue weighted by atomic mass is 9.97. The van der Waals surface area contributed by atoms with Crippen LogP contribution in [-0.2, 0) is 0 Å². The van der Waals surface area contributed by atoms with Gasteiger partial charge in [0.2, 0.25) is 0 Å². The Hall–Kier alpha value is -2.96. The molecule has 8 heteroatoms. The molecule has 4 atom stereocenters. The summed E-state index contributed by atoms with van der Waals surface area (Å²) < 4.78 is 25.1. The maximum Gasteiger partial charge on any atom is 0.165 e. The Labute approximate surface area is 202 Å². The molecule has 1 unspecified atom stereocenters. The van der Waals surface area contributed by atoms with E-state index in [9.17, 15) is 14.8 Å². The predicted molar refractivity (Wildman–Crippen MR) is 129 cm³/mol. The molecule has 3 heterocycles. The third-order valence-corrected chi connectivity index (χ3v) is 8.20. The van der Waals surface area contributed by atoms with Gasteiger partial charge in [-0.1, -0.05) is 6.07 Å². The maximum absolute atomic E-state index is 14.6. The minimum absolute atomic E-state index is 0.0748. The van der Waals surface area contributed by atoms with Crippen LogP contribution in [0.15, 0.2) is 42.5 Å². The first-order valence-electron chi connectivity index (χ1n) is 11.2. The minimum Gasteiger partial charge on any atom is -0.495 e. The molecule has 2 fully saturated rings. The molecule has 0 saturated carbocycles. The van der Waals surface area contributed by atoms with Gasteiger partial charge in [0.1, 0.15) is 18.0 Å². The summed E-state index contributed by atoms with van der Waals surface area (Å²) >= 11 is 1.44. The number of nitriles is 1. The van der Waals surface area contributed by atoms with E-state index >= 15 is 0 Å². The first-order chi connectivity index (χ1) is 16.4. The molecule has 2 aliphatic rings. The molecular weight excluding hydrogens is 453 g/mol. The zero-order chi connectivity index (χ0) is 24.0. The second-order valence-electron chi connectivity index (χ2n) is 8.79. The molecule has 6 nitrogen and oxygen atoms in total. The zero-order valence-corrected chi connectivity index (χ0v) is 19.8. The van der Waals surface area contributed by atoms with Crippen molar-refractivity contribution in [2.75, 3.05) is 14.2 Å². The van der Waals surface area contributed by atoms with E-state index in [2.05, 4.69) is 11.0 Å². The first kappa shape index (κ1) is 22.8. The second kappa shape index (κ2) is 9.01. The highest BCUT2D eigenvalue weighted by atomic mass is 32.1. The summed E-state index contributed by atoms with van der Waals surface area (Å²) in [5.41, 5.74) is 9.07. The SMILES string of the molecule is COc1ccc(-c2sc(C(O)N3[C@H]4CC[C@@H]3[C@H](N)C4)cc2-c2ccc(C#N)c(OC)c2)cc1F. The molecule has 2 aromatic carbocycles. The Bertz CT molecular complexity index is 1270. The van der Waals surface area contributed by atoms with E-state index in [1.165, 1.54) is 31.6 Å². The summed E-state index contributed by atoms with van der Waals surface area (Å²) in [7, 11) is 2.95. The summed E-state index contributed by atoms with van der Waals surface area (Å²) in [6, 6.07) is 14.8. The number of nitrogens with zero attached hydrogens (tertiary/aromatic N) is 2. The summed E-state index contributed by atoms with van der Waals surface area (Å²) in [5, 5.41) is 20.8. The van der Waals surface area contributed by atoms with Gasteiger partial charge in [-0.15, -0.1) is 11.3 Å². The molecule has 3 N–H and O–H groups in total. The van der Waals surface area contributed by atoms with Gasteiger partial charge < -0.3 is 20.3 Å². The topological polar surface area (TPSA) is 91.7 Å². The fraction of sp³-hybridized carbons (Fsp3) is 0.346. The van der Waals surface area contributed by atoms with Crippen LogP contribution in [0.2, 0.25) is 0 Å². The monoisotopic (exact) mass is 479 g/mol. The van der Waals surface area contributed by atoms with Gasteiger partial charge in [0.15, 0.2) is 11.6 Å². The fourth-order valence-corrected chi connectivity index (χ4v) is 6.50. The molecule has 2 aliphatic heterocycles. The number of halogens is 1. The third kappa shape index (κ3) is 3.75. The molecule has 2 bridgehead atoms. The Balaban J connectivity index is 1.62. The fourth-order valence-electron chi connectivity index (χ4n) is 5.33. The maximum atomic E-state index is 14.6. The van der Waals surface area contributed by atoms with Crippen LogP contribution in [0.5, 0.6) is 11.5 Å². The van der Waals surface area contributed by atoms with Crippen LogP contribution >= 0.6 is 11.3 Å². The zero-order valence-electron chi connectivity index (χ0n) is 19.0. The molecule has 0 spiro atoms. The van der Waals surface area contributed by atoms with E-state index < -0.39 is 12.0 Å². The predicted octanol–water partition coefficient (Wildman–Crippen LogP) is 4.66. The van der Waals surface area contributed by atoms with Crippen molar-refractivity contribution >= 4 is 11.3 Å². The molecule has 0 aliphatic carbocycles. The van der Waals surface area contributed by atoms with E-state index in [4.69, 9.17) is 15.2 Å². The highest BCUT2D eigenvalue weighted by molar-refractivity contribution is 7.16. The van der Waals surface area contributed by atoms with Crippen molar-refractivity contribution in [2.24, 2.45) is 5.73 Å². The van der Waals surface area contributed by atoms with Gasteiger partial charge in [0.05, 0.1) is 19.8 Å². The van der Waals surface area contributed by atoms with Gasteiger partial charge in [0, 0.05) is 33.4 Å². The van der Waals surface area contributed by atoms with Crippen molar-refractivity contribution in [3.63, 3.8) is 0 Å². The van der Waals surface area contributed by atoms with Crippen LogP contribution in [0, 0.1) is 17.1 Å². The highest BCUT2D eigenvalue weighted by Gasteiger charge is 2.48. The average molecular weight is 480 g/mol. The van der Waals surface area contributed by atoms with E-state index in [1.807, 2.05) is 18.2 Å². The van der Waals surface area contributed by atoms with E-state index in [0.29, 0.717) is 16.9 Å². The number of benzene rings is 2. The quantitative estimate of drug-likeness (QED) is 0.534. The molecule has 0 amide bonds. The van der Waals surface area contributed by atoms with Crippen molar-refractivity contribution in [1.29, 1.82) is 5.26 Å². The summed E-state index contributed by atoms with van der Waals surface area (Å²) in [6.45, 7) is 0. The molecule has 3 aromatic rings. The van der Waals surface area contributed by atoms with Crippen molar-refractivity contribution in [3.8, 4) is 39.1 Å². The Morgan fingerprint density at radius 1 is 1.12 bits per heavy atom. The van der Waals surface area contributed by atoms with E-state index in [0.717, 1.165) is 40.1 Å². The highest BCUT2D eigenvalue weighted by Crippen LogP contribution is 2.47. The molecule has 5 rings (SSSR count). The van der Waals surface area contributed by atoms with Gasteiger partial charge in [-0.05, 0) is 66.8 Å². The van der Waals surface area contributed by atoms with Gasteiger partial charge in [-0.3, -0.25) is 4.90 Å². The number of hydrogen-bond acceptors (Lipinski definition) is 7. The van der Waals surface area contributed by atoms with Crippen LogP contribution in [-0.4, -0.2) is 42.4 Å². The van der Waals surface area contributed by atoms with Gasteiger partial charge in [-0.2, -0.15) is 5.26 Å². The lowest BCUT2D eigenvalue weighted by molar-refractivity contribution is -0.00925. The van der Waals surface area contributed by atoms with E-state index in [1.54, 1.807) is 18.2 Å². The van der Waals surface area contributed by atoms with Gasteiger partial charge in [0.25, 0.3) is 0 Å². The average Bonchev–Trinajstić information content (AvgIpc) is 3.55. The number of nitrogens with two attached hydrogens (primary N) is 1. The minimum atomic E-state index is -0.785. The lowest BCUT2D eigenvalue weighted by Gasteiger charge is -2.27. The molecule has 176 valence electrons. The number of fused-ring (bicyclic) bond motifs is 2. The lowest BCUT2D eigenvalue weighted by Crippen LogP contribution is -2.38. The van der Waals surface area contributed by atoms with Gasteiger partial charge in [-0.25, -0.2) is 4.39 Å².